The number of carboxylic acid groups (broad SMARTS) is 1. The minimum absolute atomic E-state index is 0.132. The summed E-state index contributed by atoms with van der Waals surface area (Å²) in [6.07, 6.45) is 7.71. The van der Waals surface area contributed by atoms with E-state index in [-0.39, 0.29) is 17.6 Å². The summed E-state index contributed by atoms with van der Waals surface area (Å²) >= 11 is 0. The predicted octanol–water partition coefficient (Wildman–Crippen LogP) is 5.42. The maximum atomic E-state index is 14.4. The SMILES string of the molecule is COc1ccc2c(c1)C1CC1(S(=O)N1CCC(O)CC1)Cn1c-2c(C2CCCCC2)c2ccc(C(=O)O)cc21. The first kappa shape index (κ1) is 25.3. The normalized spacial score (nSPS) is 26.4. The molecule has 0 spiro atoms. The summed E-state index contributed by atoms with van der Waals surface area (Å²) in [6.45, 7) is 1.84. The molecule has 2 aromatic carbocycles. The average Bonchev–Trinajstić information content (AvgIpc) is 3.63. The van der Waals surface area contributed by atoms with E-state index in [0.717, 1.165) is 35.9 Å². The summed E-state index contributed by atoms with van der Waals surface area (Å²) in [4.78, 5) is 12.0. The number of aromatic carboxylic acids is 1. The molecule has 7 rings (SSSR count). The second kappa shape index (κ2) is 9.46. The summed E-state index contributed by atoms with van der Waals surface area (Å²) in [5.74, 6) is 0.424. The first-order chi connectivity index (χ1) is 18.9. The number of rotatable bonds is 5. The van der Waals surface area contributed by atoms with Gasteiger partial charge in [0, 0.05) is 42.0 Å². The number of piperidine rings is 1. The van der Waals surface area contributed by atoms with E-state index in [4.69, 9.17) is 4.74 Å². The number of aromatic nitrogens is 1. The van der Waals surface area contributed by atoms with E-state index in [2.05, 4.69) is 21.0 Å². The van der Waals surface area contributed by atoms with E-state index in [0.29, 0.717) is 38.4 Å². The summed E-state index contributed by atoms with van der Waals surface area (Å²) in [6, 6.07) is 11.9. The van der Waals surface area contributed by atoms with E-state index in [1.54, 1.807) is 13.2 Å². The van der Waals surface area contributed by atoms with Gasteiger partial charge in [0.25, 0.3) is 0 Å². The Morgan fingerprint density at radius 2 is 1.82 bits per heavy atom. The number of hydrogen-bond donors (Lipinski definition) is 2. The lowest BCUT2D eigenvalue weighted by Crippen LogP contribution is -2.43. The highest BCUT2D eigenvalue weighted by Crippen LogP contribution is 2.63. The molecule has 0 radical (unpaired) electrons. The van der Waals surface area contributed by atoms with Crippen LogP contribution < -0.4 is 4.74 Å². The van der Waals surface area contributed by atoms with Crippen molar-refractivity contribution in [3.63, 3.8) is 0 Å². The number of methoxy groups -OCH3 is 1. The molecule has 1 saturated heterocycles. The highest BCUT2D eigenvalue weighted by molar-refractivity contribution is 7.84. The van der Waals surface area contributed by atoms with E-state index in [9.17, 15) is 19.2 Å². The largest absolute Gasteiger partial charge is 0.497 e. The zero-order valence-corrected chi connectivity index (χ0v) is 23.2. The van der Waals surface area contributed by atoms with Crippen molar-refractivity contribution in [3.8, 4) is 17.0 Å². The molecule has 4 aliphatic rings. The van der Waals surface area contributed by atoms with Gasteiger partial charge in [0.1, 0.15) is 16.7 Å². The van der Waals surface area contributed by atoms with Gasteiger partial charge in [-0.1, -0.05) is 25.3 Å². The fourth-order valence-electron chi connectivity index (χ4n) is 7.58. The van der Waals surface area contributed by atoms with Crippen LogP contribution in [0.2, 0.25) is 0 Å². The molecule has 0 amide bonds. The van der Waals surface area contributed by atoms with Gasteiger partial charge in [0.15, 0.2) is 0 Å². The Morgan fingerprint density at radius 1 is 1.05 bits per heavy atom. The smallest absolute Gasteiger partial charge is 0.335 e. The lowest BCUT2D eigenvalue weighted by Gasteiger charge is -2.32. The van der Waals surface area contributed by atoms with Crippen molar-refractivity contribution in [2.45, 2.75) is 80.6 Å². The van der Waals surface area contributed by atoms with Gasteiger partial charge in [-0.15, -0.1) is 0 Å². The molecule has 2 saturated carbocycles. The fraction of sp³-hybridized carbons (Fsp3) is 0.516. The minimum atomic E-state index is -1.24. The molecule has 3 fully saturated rings. The Balaban J connectivity index is 1.46. The highest BCUT2D eigenvalue weighted by Gasteiger charge is 2.63. The van der Waals surface area contributed by atoms with Crippen molar-refractivity contribution in [3.05, 3.63) is 53.1 Å². The number of nitrogens with zero attached hydrogens (tertiary/aromatic N) is 2. The van der Waals surface area contributed by atoms with Crippen LogP contribution in [0.4, 0.5) is 0 Å². The molecule has 2 N–H and O–H groups in total. The summed E-state index contributed by atoms with van der Waals surface area (Å²) in [5.41, 5.74) is 6.08. The number of carbonyl (C=O) groups is 1. The third-order valence-corrected chi connectivity index (χ3v) is 11.8. The molecule has 3 heterocycles. The monoisotopic (exact) mass is 548 g/mol. The third kappa shape index (κ3) is 3.98. The molecule has 3 atom stereocenters. The van der Waals surface area contributed by atoms with Gasteiger partial charge < -0.3 is 19.5 Å². The Kier molecular flexibility index (Phi) is 6.14. The average molecular weight is 549 g/mol. The Bertz CT molecular complexity index is 1480. The predicted molar refractivity (Wildman–Crippen MR) is 152 cm³/mol. The molecule has 1 aromatic heterocycles. The maximum absolute atomic E-state index is 14.4. The molecule has 2 aliphatic heterocycles. The first-order valence-electron chi connectivity index (χ1n) is 14.3. The molecule has 8 heteroatoms. The van der Waals surface area contributed by atoms with Gasteiger partial charge in [-0.3, -0.25) is 0 Å². The molecular weight excluding hydrogens is 512 g/mol. The van der Waals surface area contributed by atoms with Crippen molar-refractivity contribution >= 4 is 27.9 Å². The topological polar surface area (TPSA) is 92.0 Å². The molecule has 206 valence electrons. The van der Waals surface area contributed by atoms with Crippen LogP contribution in [0.25, 0.3) is 22.2 Å². The van der Waals surface area contributed by atoms with Crippen LogP contribution in [0, 0.1) is 0 Å². The van der Waals surface area contributed by atoms with E-state index in [1.165, 1.54) is 41.6 Å². The zero-order chi connectivity index (χ0) is 26.9. The van der Waals surface area contributed by atoms with Crippen LogP contribution in [-0.2, 0) is 17.5 Å². The van der Waals surface area contributed by atoms with Gasteiger partial charge in [-0.05, 0) is 79.5 Å². The van der Waals surface area contributed by atoms with Crippen LogP contribution in [0.1, 0.15) is 84.7 Å². The summed E-state index contributed by atoms with van der Waals surface area (Å²) in [7, 11) is 0.446. The molecule has 39 heavy (non-hydrogen) atoms. The maximum Gasteiger partial charge on any atom is 0.335 e. The molecule has 3 aromatic rings. The zero-order valence-electron chi connectivity index (χ0n) is 22.4. The summed E-state index contributed by atoms with van der Waals surface area (Å²) in [5, 5.41) is 21.1. The Hall–Kier alpha value is -2.68. The second-order valence-corrected chi connectivity index (χ2v) is 13.7. The van der Waals surface area contributed by atoms with Crippen LogP contribution in [0.3, 0.4) is 0 Å². The molecular formula is C31H36N2O5S. The number of hydrogen-bond acceptors (Lipinski definition) is 4. The number of carboxylic acids is 1. The van der Waals surface area contributed by atoms with E-state index in [1.807, 2.05) is 18.2 Å². The van der Waals surface area contributed by atoms with Crippen molar-refractivity contribution in [1.82, 2.24) is 8.87 Å². The fourth-order valence-corrected chi connectivity index (χ4v) is 9.55. The van der Waals surface area contributed by atoms with Crippen LogP contribution in [0.5, 0.6) is 5.75 Å². The number of aliphatic hydroxyl groups is 1. The van der Waals surface area contributed by atoms with Gasteiger partial charge in [-0.25, -0.2) is 13.3 Å². The molecule has 2 aliphatic carbocycles. The summed E-state index contributed by atoms with van der Waals surface area (Å²) < 4.78 is 24.0. The van der Waals surface area contributed by atoms with Crippen molar-refractivity contribution in [2.75, 3.05) is 20.2 Å². The lowest BCUT2D eigenvalue weighted by atomic mass is 9.81. The first-order valence-corrected chi connectivity index (χ1v) is 15.4. The van der Waals surface area contributed by atoms with Crippen LogP contribution in [0.15, 0.2) is 36.4 Å². The lowest BCUT2D eigenvalue weighted by molar-refractivity contribution is 0.0697. The second-order valence-electron chi connectivity index (χ2n) is 11.9. The molecule has 0 bridgehead atoms. The van der Waals surface area contributed by atoms with E-state index >= 15 is 0 Å². The molecule has 7 nitrogen and oxygen atoms in total. The number of ether oxygens (including phenoxy) is 1. The van der Waals surface area contributed by atoms with Gasteiger partial charge in [0.05, 0.1) is 29.2 Å². The van der Waals surface area contributed by atoms with Crippen LogP contribution in [-0.4, -0.2) is 60.3 Å². The highest BCUT2D eigenvalue weighted by atomic mass is 32.2. The van der Waals surface area contributed by atoms with Gasteiger partial charge in [-0.2, -0.15) is 0 Å². The molecule has 3 unspecified atom stereocenters. The Labute approximate surface area is 231 Å². The van der Waals surface area contributed by atoms with Crippen molar-refractivity contribution in [1.29, 1.82) is 0 Å². The Morgan fingerprint density at radius 3 is 2.54 bits per heavy atom. The quantitative estimate of drug-likeness (QED) is 0.444. The number of aliphatic hydroxyl groups excluding tert-OH is 1. The van der Waals surface area contributed by atoms with Crippen molar-refractivity contribution in [2.24, 2.45) is 0 Å². The van der Waals surface area contributed by atoms with Crippen LogP contribution >= 0.6 is 0 Å². The number of benzene rings is 2. The van der Waals surface area contributed by atoms with Gasteiger partial charge in [0.2, 0.25) is 0 Å². The van der Waals surface area contributed by atoms with Crippen molar-refractivity contribution < 1.29 is 24.0 Å². The minimum Gasteiger partial charge on any atom is -0.497 e. The van der Waals surface area contributed by atoms with Gasteiger partial charge >= 0.3 is 5.97 Å². The number of fused-ring (bicyclic) bond motifs is 7. The third-order valence-electron chi connectivity index (χ3n) is 9.71. The standard InChI is InChI=1S/C31H36N2O5S/c1-38-22-8-10-23-25(16-22)26-17-31(26,39(37)32-13-11-21(34)12-14-32)18-33-27-15-20(30(35)36)7-9-24(27)28(29(23)33)19-5-3-2-4-6-19/h7-10,15-16,19,21,26,34H,2-6,11-14,17-18H2,1H3,(H,35,36). The van der Waals surface area contributed by atoms with E-state index < -0.39 is 21.7 Å².